The number of amides is 1. The maximum Gasteiger partial charge on any atom is 0.229 e. The van der Waals surface area contributed by atoms with Gasteiger partial charge in [0.15, 0.2) is 0 Å². The van der Waals surface area contributed by atoms with Gasteiger partial charge >= 0.3 is 0 Å². The van der Waals surface area contributed by atoms with Crippen LogP contribution in [0.2, 0.25) is 0 Å². The molecule has 0 atom stereocenters. The SMILES string of the molecule is CCC#CCC(N)=O. The second kappa shape index (κ2) is 4.20. The minimum Gasteiger partial charge on any atom is -0.369 e. The van der Waals surface area contributed by atoms with Crippen molar-refractivity contribution < 1.29 is 4.79 Å². The van der Waals surface area contributed by atoms with Crippen LogP contribution in [0.3, 0.4) is 0 Å². The maximum absolute atomic E-state index is 9.99. The van der Waals surface area contributed by atoms with Crippen LogP contribution >= 0.6 is 0 Å². The summed E-state index contributed by atoms with van der Waals surface area (Å²) in [5.74, 6) is 4.98. The molecule has 0 fully saturated rings. The van der Waals surface area contributed by atoms with E-state index in [-0.39, 0.29) is 12.3 Å². The van der Waals surface area contributed by atoms with Gasteiger partial charge in [0.05, 0.1) is 6.42 Å². The second-order valence-corrected chi connectivity index (χ2v) is 1.35. The molecule has 1 amide bonds. The van der Waals surface area contributed by atoms with Crippen LogP contribution in [0.25, 0.3) is 0 Å². The van der Waals surface area contributed by atoms with Crippen molar-refractivity contribution in [2.45, 2.75) is 19.8 Å². The van der Waals surface area contributed by atoms with E-state index in [0.717, 1.165) is 6.42 Å². The molecule has 0 saturated carbocycles. The van der Waals surface area contributed by atoms with Gasteiger partial charge in [-0.1, -0.05) is 12.8 Å². The molecule has 2 nitrogen and oxygen atoms in total. The summed E-state index contributed by atoms with van der Waals surface area (Å²) in [6.45, 7) is 1.92. The van der Waals surface area contributed by atoms with Gasteiger partial charge in [-0.05, 0) is 0 Å². The molecule has 0 aromatic heterocycles. The molecular formula is C6H9NO. The van der Waals surface area contributed by atoms with Gasteiger partial charge < -0.3 is 5.73 Å². The summed E-state index contributed by atoms with van der Waals surface area (Å²) in [6, 6.07) is 0. The normalized spacial score (nSPS) is 7.12. The number of rotatable bonds is 1. The lowest BCUT2D eigenvalue weighted by Gasteiger charge is -1.76. The zero-order valence-corrected chi connectivity index (χ0v) is 4.90. The fourth-order valence-corrected chi connectivity index (χ4v) is 0.275. The van der Waals surface area contributed by atoms with Crippen LogP contribution in [0, 0.1) is 11.8 Å². The van der Waals surface area contributed by atoms with Crippen LogP contribution in [0.5, 0.6) is 0 Å². The lowest BCUT2D eigenvalue weighted by Crippen LogP contribution is -2.08. The summed E-state index contributed by atoms with van der Waals surface area (Å²) >= 11 is 0. The molecule has 44 valence electrons. The first-order chi connectivity index (χ1) is 3.77. The van der Waals surface area contributed by atoms with E-state index in [1.165, 1.54) is 0 Å². The molecule has 0 saturated heterocycles. The van der Waals surface area contributed by atoms with Gasteiger partial charge in [-0.3, -0.25) is 4.79 Å². The average Bonchev–Trinajstić information content (AvgIpc) is 1.66. The Morgan fingerprint density at radius 1 is 1.62 bits per heavy atom. The third kappa shape index (κ3) is 5.03. The van der Waals surface area contributed by atoms with Gasteiger partial charge in [0, 0.05) is 6.42 Å². The van der Waals surface area contributed by atoms with Crippen molar-refractivity contribution in [1.82, 2.24) is 0 Å². The molecular weight excluding hydrogens is 102 g/mol. The number of carbonyl (C=O) groups is 1. The number of nitrogens with two attached hydrogens (primary N) is 1. The largest absolute Gasteiger partial charge is 0.369 e. The fourth-order valence-electron chi connectivity index (χ4n) is 0.275. The van der Waals surface area contributed by atoms with Crippen LogP contribution in [0.1, 0.15) is 19.8 Å². The summed E-state index contributed by atoms with van der Waals surface area (Å²) in [5.41, 5.74) is 4.79. The Balaban J connectivity index is 3.29. The van der Waals surface area contributed by atoms with Gasteiger partial charge in [-0.15, -0.1) is 5.92 Å². The number of carbonyl (C=O) groups excluding carboxylic acids is 1. The second-order valence-electron chi connectivity index (χ2n) is 1.35. The summed E-state index contributed by atoms with van der Waals surface area (Å²) in [4.78, 5) is 9.99. The van der Waals surface area contributed by atoms with E-state index in [4.69, 9.17) is 5.73 Å². The van der Waals surface area contributed by atoms with Crippen molar-refractivity contribution >= 4 is 5.91 Å². The summed E-state index contributed by atoms with van der Waals surface area (Å²) in [7, 11) is 0. The highest BCUT2D eigenvalue weighted by atomic mass is 16.1. The lowest BCUT2D eigenvalue weighted by atomic mass is 10.4. The summed E-state index contributed by atoms with van der Waals surface area (Å²) in [5, 5.41) is 0. The minimum absolute atomic E-state index is 0.188. The average molecular weight is 111 g/mol. The maximum atomic E-state index is 9.99. The molecule has 0 aromatic rings. The van der Waals surface area contributed by atoms with Crippen LogP contribution in [-0.4, -0.2) is 5.91 Å². The number of hydrogen-bond acceptors (Lipinski definition) is 1. The molecule has 2 heteroatoms. The Morgan fingerprint density at radius 2 is 2.25 bits per heavy atom. The topological polar surface area (TPSA) is 43.1 Å². The number of primary amides is 1. The highest BCUT2D eigenvalue weighted by Gasteiger charge is 1.82. The molecule has 0 aliphatic carbocycles. The Morgan fingerprint density at radius 3 is 2.62 bits per heavy atom. The van der Waals surface area contributed by atoms with E-state index in [9.17, 15) is 4.79 Å². The lowest BCUT2D eigenvalue weighted by molar-refractivity contribution is -0.117. The predicted molar refractivity (Wildman–Crippen MR) is 31.9 cm³/mol. The molecule has 0 heterocycles. The molecule has 8 heavy (non-hydrogen) atoms. The smallest absolute Gasteiger partial charge is 0.229 e. The first-order valence-corrected chi connectivity index (χ1v) is 2.51. The van der Waals surface area contributed by atoms with Crippen molar-refractivity contribution in [2.75, 3.05) is 0 Å². The Kier molecular flexibility index (Phi) is 3.69. The van der Waals surface area contributed by atoms with Crippen LogP contribution in [0.4, 0.5) is 0 Å². The Labute approximate surface area is 49.1 Å². The first-order valence-electron chi connectivity index (χ1n) is 2.51. The monoisotopic (exact) mass is 111 g/mol. The molecule has 0 aliphatic rings. The Bertz CT molecular complexity index is 129. The van der Waals surface area contributed by atoms with Crippen LogP contribution in [-0.2, 0) is 4.79 Å². The van der Waals surface area contributed by atoms with Crippen LogP contribution in [0.15, 0.2) is 0 Å². The molecule has 0 unspecified atom stereocenters. The third-order valence-corrected chi connectivity index (χ3v) is 0.564. The predicted octanol–water partition coefficient (Wildman–Crippen LogP) is 0.275. The van der Waals surface area contributed by atoms with Crippen LogP contribution < -0.4 is 5.73 Å². The summed E-state index contributed by atoms with van der Waals surface area (Å²) in [6.07, 6.45) is 0.973. The van der Waals surface area contributed by atoms with Gasteiger partial charge in [0.2, 0.25) is 5.91 Å². The molecule has 0 aromatic carbocycles. The van der Waals surface area contributed by atoms with Gasteiger partial charge in [-0.2, -0.15) is 0 Å². The van der Waals surface area contributed by atoms with E-state index in [0.29, 0.717) is 0 Å². The molecule has 0 radical (unpaired) electrons. The van der Waals surface area contributed by atoms with Crippen molar-refractivity contribution in [1.29, 1.82) is 0 Å². The number of hydrogen-bond donors (Lipinski definition) is 1. The molecule has 0 aliphatic heterocycles. The third-order valence-electron chi connectivity index (χ3n) is 0.564. The molecule has 0 spiro atoms. The summed E-state index contributed by atoms with van der Waals surface area (Å²) < 4.78 is 0. The van der Waals surface area contributed by atoms with E-state index < -0.39 is 0 Å². The van der Waals surface area contributed by atoms with Crippen molar-refractivity contribution in [2.24, 2.45) is 5.73 Å². The standard InChI is InChI=1S/C6H9NO/c1-2-3-4-5-6(7)8/h2,5H2,1H3,(H2,7,8). The van der Waals surface area contributed by atoms with E-state index in [2.05, 4.69) is 11.8 Å². The minimum atomic E-state index is -0.356. The van der Waals surface area contributed by atoms with Gasteiger partial charge in [0.1, 0.15) is 0 Å². The van der Waals surface area contributed by atoms with Crippen molar-refractivity contribution in [3.63, 3.8) is 0 Å². The van der Waals surface area contributed by atoms with Crippen molar-refractivity contribution in [3.8, 4) is 11.8 Å². The highest BCUT2D eigenvalue weighted by molar-refractivity contribution is 5.76. The quantitative estimate of drug-likeness (QED) is 0.485. The van der Waals surface area contributed by atoms with Gasteiger partial charge in [0.25, 0.3) is 0 Å². The zero-order valence-electron chi connectivity index (χ0n) is 4.90. The van der Waals surface area contributed by atoms with E-state index in [1.54, 1.807) is 0 Å². The first kappa shape index (κ1) is 7.03. The van der Waals surface area contributed by atoms with E-state index in [1.807, 2.05) is 6.92 Å². The molecule has 0 bridgehead atoms. The fraction of sp³-hybridized carbons (Fsp3) is 0.500. The Hall–Kier alpha value is -0.970. The molecule has 0 rings (SSSR count). The highest BCUT2D eigenvalue weighted by Crippen LogP contribution is 1.72. The van der Waals surface area contributed by atoms with Crippen molar-refractivity contribution in [3.05, 3.63) is 0 Å². The molecule has 2 N–H and O–H groups in total. The van der Waals surface area contributed by atoms with Gasteiger partial charge in [-0.25, -0.2) is 0 Å². The van der Waals surface area contributed by atoms with E-state index >= 15 is 0 Å². The zero-order chi connectivity index (χ0) is 6.41.